The van der Waals surface area contributed by atoms with Crippen LogP contribution in [0.3, 0.4) is 0 Å². The normalized spacial score (nSPS) is 11.7. The second kappa shape index (κ2) is 17.4. The molecule has 0 aliphatic heterocycles. The molecule has 0 fully saturated rings. The zero-order valence-corrected chi connectivity index (χ0v) is 37.1. The van der Waals surface area contributed by atoms with Gasteiger partial charge in [0.15, 0.2) is 0 Å². The number of hydrogen-bond acceptors (Lipinski definition) is 3. The van der Waals surface area contributed by atoms with E-state index in [2.05, 4.69) is 148 Å². The van der Waals surface area contributed by atoms with Gasteiger partial charge >= 0.3 is 0 Å². The monoisotopic (exact) mass is 948 g/mol. The average molecular weight is 948 g/mol. The molecule has 0 unspecified atom stereocenters. The van der Waals surface area contributed by atoms with Crippen LogP contribution >= 0.6 is 0 Å². The summed E-state index contributed by atoms with van der Waals surface area (Å²) in [6.45, 7) is 13.0. The van der Waals surface area contributed by atoms with E-state index in [-0.39, 0.29) is 20.1 Å². The Hall–Kier alpha value is -5.71. The molecular formula is C53H46IrN2OSi-2. The van der Waals surface area contributed by atoms with Gasteiger partial charge in [0.05, 0.1) is 13.7 Å². The summed E-state index contributed by atoms with van der Waals surface area (Å²) in [6.07, 6.45) is 3.94. The molecule has 0 aliphatic carbocycles. The summed E-state index contributed by atoms with van der Waals surface area (Å²) < 4.78 is 15.0. The minimum absolute atomic E-state index is 0. The van der Waals surface area contributed by atoms with Crippen molar-refractivity contribution in [2.45, 2.75) is 46.3 Å². The number of rotatable bonds is 7. The molecule has 9 aromatic rings. The fraction of sp³-hybridized carbons (Fsp3) is 0.132. The number of hydrogen-bond donors (Lipinski definition) is 0. The molecule has 289 valence electrons. The minimum Gasteiger partial charge on any atom is -0.501 e. The summed E-state index contributed by atoms with van der Waals surface area (Å²) in [5.74, 6) is -0.648. The maximum absolute atomic E-state index is 8.61. The molecule has 0 spiro atoms. The molecule has 0 amide bonds. The van der Waals surface area contributed by atoms with Crippen LogP contribution in [0.15, 0.2) is 168 Å². The number of furan rings is 1. The van der Waals surface area contributed by atoms with E-state index in [1.807, 2.05) is 68.7 Å². The standard InChI is InChI=1S/C30H20NO.C23H26NSi.Ir/c1-20-17-28(31-19-27(20)22-11-6-3-7-12-22)26-14-8-13-25-24-16-15-23(18-29(24)32-30(25)26)21-9-4-2-5-10-21;1-17(2)21-15-22(24-16-23(21)25(3,4)5)20-13-9-12-19(14-20)18-10-7-6-8-11-18;/h2-13,15-19H,1H3;6-12,14-17H,1-5H3;/q2*-1;/i;17D;. The van der Waals surface area contributed by atoms with Crippen molar-refractivity contribution in [3.8, 4) is 55.9 Å². The molecule has 1 radical (unpaired) electrons. The van der Waals surface area contributed by atoms with Gasteiger partial charge in [-0.2, -0.15) is 0 Å². The minimum atomic E-state index is -1.57. The Morgan fingerprint density at radius 2 is 1.21 bits per heavy atom. The van der Waals surface area contributed by atoms with Crippen LogP contribution in [-0.4, -0.2) is 18.0 Å². The fourth-order valence-electron chi connectivity index (χ4n) is 7.39. The van der Waals surface area contributed by atoms with E-state index in [9.17, 15) is 0 Å². The molecule has 3 aromatic heterocycles. The molecule has 0 bridgehead atoms. The predicted molar refractivity (Wildman–Crippen MR) is 242 cm³/mol. The first kappa shape index (κ1) is 39.1. The average Bonchev–Trinajstić information content (AvgIpc) is 3.62. The fourth-order valence-corrected chi connectivity index (χ4v) is 8.98. The summed E-state index contributed by atoms with van der Waals surface area (Å²) in [5.41, 5.74) is 14.5. The number of pyridine rings is 2. The first-order valence-corrected chi connectivity index (χ1v) is 23.0. The molecule has 0 atom stereocenters. The number of benzene rings is 6. The van der Waals surface area contributed by atoms with Crippen molar-refractivity contribution < 1.29 is 25.9 Å². The van der Waals surface area contributed by atoms with E-state index in [4.69, 9.17) is 15.8 Å². The summed E-state index contributed by atoms with van der Waals surface area (Å²) in [5, 5.41) is 3.45. The van der Waals surface area contributed by atoms with Crippen LogP contribution in [-0.2, 0) is 20.1 Å². The van der Waals surface area contributed by atoms with Crippen molar-refractivity contribution >= 4 is 35.2 Å². The van der Waals surface area contributed by atoms with Crippen molar-refractivity contribution in [2.24, 2.45) is 0 Å². The Balaban J connectivity index is 0.000000180. The quantitative estimate of drug-likeness (QED) is 0.118. The largest absolute Gasteiger partial charge is 0.501 e. The second-order valence-electron chi connectivity index (χ2n) is 15.7. The summed E-state index contributed by atoms with van der Waals surface area (Å²) in [7, 11) is -1.57. The Morgan fingerprint density at radius 3 is 1.83 bits per heavy atom. The van der Waals surface area contributed by atoms with Gasteiger partial charge in [0.2, 0.25) is 0 Å². The van der Waals surface area contributed by atoms with Gasteiger partial charge in [-0.3, -0.25) is 0 Å². The molecule has 5 heteroatoms. The number of aryl methyl sites for hydroxylation is 1. The third kappa shape index (κ3) is 8.58. The third-order valence-electron chi connectivity index (χ3n) is 10.4. The topological polar surface area (TPSA) is 38.9 Å². The van der Waals surface area contributed by atoms with E-state index >= 15 is 0 Å². The van der Waals surface area contributed by atoms with E-state index in [0.29, 0.717) is 0 Å². The molecule has 0 saturated carbocycles. The Labute approximate surface area is 358 Å². The van der Waals surface area contributed by atoms with Gasteiger partial charge < -0.3 is 14.4 Å². The van der Waals surface area contributed by atoms with Gasteiger partial charge in [-0.05, 0) is 63.3 Å². The van der Waals surface area contributed by atoms with E-state index in [1.165, 1.54) is 27.4 Å². The molecule has 0 saturated heterocycles. The van der Waals surface area contributed by atoms with Crippen LogP contribution in [0.5, 0.6) is 0 Å². The first-order valence-electron chi connectivity index (χ1n) is 20.0. The Bertz CT molecular complexity index is 2860. The van der Waals surface area contributed by atoms with Gasteiger partial charge in [0.1, 0.15) is 5.58 Å². The van der Waals surface area contributed by atoms with Gasteiger partial charge in [-0.1, -0.05) is 165 Å². The molecule has 3 nitrogen and oxygen atoms in total. The van der Waals surface area contributed by atoms with Crippen LogP contribution in [0.4, 0.5) is 0 Å². The summed E-state index contributed by atoms with van der Waals surface area (Å²) in [4.78, 5) is 9.52. The van der Waals surface area contributed by atoms with Crippen LogP contribution in [0.1, 0.15) is 32.2 Å². The molecule has 0 N–H and O–H groups in total. The van der Waals surface area contributed by atoms with Gasteiger partial charge in [0.25, 0.3) is 0 Å². The van der Waals surface area contributed by atoms with Crippen molar-refractivity contribution in [3.05, 3.63) is 187 Å². The molecule has 0 aliphatic rings. The second-order valence-corrected chi connectivity index (χ2v) is 20.8. The Kier molecular flexibility index (Phi) is 11.8. The molecule has 3 heterocycles. The van der Waals surface area contributed by atoms with Gasteiger partial charge in [0, 0.05) is 44.8 Å². The summed E-state index contributed by atoms with van der Waals surface area (Å²) in [6, 6.07) is 58.6. The first-order chi connectivity index (χ1) is 27.9. The number of nitrogens with zero attached hydrogens (tertiary/aromatic N) is 2. The van der Waals surface area contributed by atoms with Crippen molar-refractivity contribution in [1.82, 2.24) is 9.97 Å². The van der Waals surface area contributed by atoms with E-state index in [0.717, 1.165) is 66.7 Å². The van der Waals surface area contributed by atoms with E-state index < -0.39 is 14.0 Å². The van der Waals surface area contributed by atoms with Crippen LogP contribution in [0.2, 0.25) is 19.6 Å². The van der Waals surface area contributed by atoms with Crippen molar-refractivity contribution in [1.29, 1.82) is 0 Å². The zero-order valence-electron chi connectivity index (χ0n) is 34.7. The predicted octanol–water partition coefficient (Wildman–Crippen LogP) is 14.0. The maximum Gasteiger partial charge on any atom is 0.121 e. The van der Waals surface area contributed by atoms with Gasteiger partial charge in [-0.15, -0.1) is 53.6 Å². The summed E-state index contributed by atoms with van der Waals surface area (Å²) >= 11 is 0. The SMILES string of the molecule is Cc1cc(-c2[c-]ccc3c2oc2cc(-c4ccccc4)ccc23)ncc1-c1ccccc1.[2H]C(C)(C)c1cc(-c2[c-]ccc(-c3ccccc3)c2)ncc1[Si](C)(C)C.[Ir]. The molecular weight excluding hydrogens is 901 g/mol. The van der Waals surface area contributed by atoms with E-state index in [1.54, 1.807) is 0 Å². The number of fused-ring (bicyclic) bond motifs is 3. The van der Waals surface area contributed by atoms with Gasteiger partial charge in [-0.25, -0.2) is 0 Å². The smallest absolute Gasteiger partial charge is 0.121 e. The Morgan fingerprint density at radius 1 is 0.603 bits per heavy atom. The van der Waals surface area contributed by atoms with Crippen molar-refractivity contribution in [3.63, 3.8) is 0 Å². The van der Waals surface area contributed by atoms with Crippen LogP contribution in [0.25, 0.3) is 77.8 Å². The number of aromatic nitrogens is 2. The van der Waals surface area contributed by atoms with Crippen LogP contribution in [0, 0.1) is 19.1 Å². The van der Waals surface area contributed by atoms with Crippen molar-refractivity contribution in [2.75, 3.05) is 0 Å². The van der Waals surface area contributed by atoms with Crippen LogP contribution < -0.4 is 5.19 Å². The molecule has 6 aromatic carbocycles. The molecule has 58 heavy (non-hydrogen) atoms. The maximum atomic E-state index is 8.61. The molecule has 9 rings (SSSR count). The third-order valence-corrected chi connectivity index (χ3v) is 12.4. The zero-order chi connectivity index (χ0) is 40.4.